The number of nitrogens with one attached hydrogen (secondary N) is 2. The number of hydrogen-bond donors (Lipinski definition) is 2. The van der Waals surface area contributed by atoms with Crippen molar-refractivity contribution >= 4 is 34.0 Å². The highest BCUT2D eigenvalue weighted by molar-refractivity contribution is 7.15. The maximum atomic E-state index is 13.5. The predicted octanol–water partition coefficient (Wildman–Crippen LogP) is 4.84. The molecule has 166 valence electrons. The maximum absolute atomic E-state index is 13.5. The molecule has 2 N–H and O–H groups in total. The molecule has 2 amide bonds. The Balaban J connectivity index is 1.41. The summed E-state index contributed by atoms with van der Waals surface area (Å²) >= 11 is 1.20. The Labute approximate surface area is 183 Å². The zero-order valence-corrected chi connectivity index (χ0v) is 17.0. The van der Waals surface area contributed by atoms with Gasteiger partial charge >= 0.3 is 6.36 Å². The first-order chi connectivity index (χ1) is 15.2. The standard InChI is InChI=1S/C21H15F4N3O3S/c22-12-3-6-15-16(9-18(29)27-17(15)8-12)19(30)28-20-26-10-14(32-20)7-11-1-4-13(5-2-11)31-21(23,24)25/h1-6,8,10,16H,7,9H2,(H,27,29)(H,26,28,30). The maximum Gasteiger partial charge on any atom is 0.573 e. The molecule has 0 saturated carbocycles. The summed E-state index contributed by atoms with van der Waals surface area (Å²) in [5.74, 6) is -2.45. The van der Waals surface area contributed by atoms with Crippen molar-refractivity contribution in [2.75, 3.05) is 10.6 Å². The van der Waals surface area contributed by atoms with Gasteiger partial charge in [-0.25, -0.2) is 9.37 Å². The summed E-state index contributed by atoms with van der Waals surface area (Å²) in [7, 11) is 0. The van der Waals surface area contributed by atoms with E-state index in [9.17, 15) is 27.2 Å². The summed E-state index contributed by atoms with van der Waals surface area (Å²) in [6.45, 7) is 0. The summed E-state index contributed by atoms with van der Waals surface area (Å²) in [5, 5.41) is 5.55. The number of halogens is 4. The normalized spacial score (nSPS) is 15.6. The number of alkyl halides is 3. The highest BCUT2D eigenvalue weighted by Crippen LogP contribution is 2.34. The third-order valence-corrected chi connectivity index (χ3v) is 5.60. The van der Waals surface area contributed by atoms with E-state index in [-0.39, 0.29) is 23.8 Å². The van der Waals surface area contributed by atoms with Gasteiger partial charge in [-0.2, -0.15) is 0 Å². The van der Waals surface area contributed by atoms with Crippen molar-refractivity contribution < 1.29 is 31.9 Å². The Morgan fingerprint density at radius 1 is 1.22 bits per heavy atom. The molecule has 1 aliphatic rings. The molecule has 1 aromatic heterocycles. The average molecular weight is 465 g/mol. The van der Waals surface area contributed by atoms with Crippen molar-refractivity contribution in [2.24, 2.45) is 0 Å². The number of carbonyl (C=O) groups excluding carboxylic acids is 2. The van der Waals surface area contributed by atoms with Crippen LogP contribution in [0.4, 0.5) is 28.4 Å². The lowest BCUT2D eigenvalue weighted by Crippen LogP contribution is -2.30. The van der Waals surface area contributed by atoms with Gasteiger partial charge < -0.3 is 15.4 Å². The Morgan fingerprint density at radius 2 is 1.97 bits per heavy atom. The number of ether oxygens (including phenoxy) is 1. The zero-order valence-electron chi connectivity index (χ0n) is 16.2. The first-order valence-corrected chi connectivity index (χ1v) is 10.2. The van der Waals surface area contributed by atoms with E-state index in [2.05, 4.69) is 20.4 Å². The quantitative estimate of drug-likeness (QED) is 0.529. The van der Waals surface area contributed by atoms with Crippen LogP contribution in [0.15, 0.2) is 48.7 Å². The van der Waals surface area contributed by atoms with E-state index < -0.39 is 24.0 Å². The number of nitrogens with zero attached hydrogens (tertiary/aromatic N) is 1. The molecule has 0 aliphatic carbocycles. The van der Waals surface area contributed by atoms with Crippen LogP contribution in [-0.4, -0.2) is 23.2 Å². The van der Waals surface area contributed by atoms with Gasteiger partial charge in [-0.3, -0.25) is 9.59 Å². The molecule has 1 atom stereocenters. The molecule has 2 aromatic carbocycles. The van der Waals surface area contributed by atoms with Crippen molar-refractivity contribution in [2.45, 2.75) is 25.1 Å². The number of hydrogen-bond acceptors (Lipinski definition) is 5. The van der Waals surface area contributed by atoms with Crippen LogP contribution in [0.2, 0.25) is 0 Å². The second-order valence-electron chi connectivity index (χ2n) is 7.03. The monoisotopic (exact) mass is 465 g/mol. The highest BCUT2D eigenvalue weighted by Gasteiger charge is 2.32. The number of anilines is 2. The fourth-order valence-electron chi connectivity index (χ4n) is 3.32. The fourth-order valence-corrected chi connectivity index (χ4v) is 4.17. The number of fused-ring (bicyclic) bond motifs is 1. The van der Waals surface area contributed by atoms with Gasteiger partial charge in [0.15, 0.2) is 5.13 Å². The predicted molar refractivity (Wildman–Crippen MR) is 109 cm³/mol. The molecule has 0 fully saturated rings. The smallest absolute Gasteiger partial charge is 0.406 e. The van der Waals surface area contributed by atoms with Gasteiger partial charge in [0, 0.05) is 29.6 Å². The van der Waals surface area contributed by atoms with Gasteiger partial charge in [-0.15, -0.1) is 24.5 Å². The van der Waals surface area contributed by atoms with Crippen LogP contribution in [0.3, 0.4) is 0 Å². The minimum Gasteiger partial charge on any atom is -0.406 e. The molecule has 0 radical (unpaired) electrons. The molecule has 0 saturated heterocycles. The van der Waals surface area contributed by atoms with Crippen molar-refractivity contribution in [1.82, 2.24) is 4.98 Å². The molecule has 4 rings (SSSR count). The minimum atomic E-state index is -4.75. The van der Waals surface area contributed by atoms with E-state index in [1.807, 2.05) is 0 Å². The number of thiazole rings is 1. The second-order valence-corrected chi connectivity index (χ2v) is 8.14. The lowest BCUT2D eigenvalue weighted by molar-refractivity contribution is -0.274. The zero-order chi connectivity index (χ0) is 22.9. The summed E-state index contributed by atoms with van der Waals surface area (Å²) in [6.07, 6.45) is -2.87. The molecular formula is C21H15F4N3O3S. The summed E-state index contributed by atoms with van der Waals surface area (Å²) < 4.78 is 54.0. The number of benzene rings is 2. The van der Waals surface area contributed by atoms with Gasteiger partial charge in [-0.05, 0) is 35.4 Å². The van der Waals surface area contributed by atoms with Crippen molar-refractivity contribution in [3.8, 4) is 5.75 Å². The molecule has 11 heteroatoms. The second kappa shape index (κ2) is 8.58. The van der Waals surface area contributed by atoms with Crippen molar-refractivity contribution in [3.63, 3.8) is 0 Å². The average Bonchev–Trinajstić information content (AvgIpc) is 3.14. The molecule has 6 nitrogen and oxygen atoms in total. The van der Waals surface area contributed by atoms with Crippen LogP contribution in [0.1, 0.15) is 28.3 Å². The van der Waals surface area contributed by atoms with E-state index in [0.29, 0.717) is 17.1 Å². The molecule has 2 heterocycles. The SMILES string of the molecule is O=C1CC(C(=O)Nc2ncc(Cc3ccc(OC(F)(F)F)cc3)s2)c2ccc(F)cc2N1. The number of carbonyl (C=O) groups is 2. The van der Waals surface area contributed by atoms with Gasteiger partial charge in [0.2, 0.25) is 11.8 Å². The molecule has 1 aliphatic heterocycles. The van der Waals surface area contributed by atoms with Crippen LogP contribution >= 0.6 is 11.3 Å². The lowest BCUT2D eigenvalue weighted by atomic mass is 9.90. The van der Waals surface area contributed by atoms with Gasteiger partial charge in [0.05, 0.1) is 5.92 Å². The molecule has 0 bridgehead atoms. The van der Waals surface area contributed by atoms with Crippen molar-refractivity contribution in [1.29, 1.82) is 0 Å². The fraction of sp³-hybridized carbons (Fsp3) is 0.190. The lowest BCUT2D eigenvalue weighted by Gasteiger charge is -2.24. The Kier molecular flexibility index (Phi) is 5.83. The third-order valence-electron chi connectivity index (χ3n) is 4.69. The van der Waals surface area contributed by atoms with Crippen LogP contribution in [-0.2, 0) is 16.0 Å². The largest absolute Gasteiger partial charge is 0.573 e. The molecular weight excluding hydrogens is 450 g/mol. The van der Waals surface area contributed by atoms with E-state index in [4.69, 9.17) is 0 Å². The van der Waals surface area contributed by atoms with E-state index >= 15 is 0 Å². The number of aromatic nitrogens is 1. The Hall–Kier alpha value is -3.47. The van der Waals surface area contributed by atoms with Crippen LogP contribution in [0.5, 0.6) is 5.75 Å². The number of amides is 2. The summed E-state index contributed by atoms with van der Waals surface area (Å²) in [6, 6.07) is 9.32. The summed E-state index contributed by atoms with van der Waals surface area (Å²) in [4.78, 5) is 29.6. The molecule has 0 spiro atoms. The van der Waals surface area contributed by atoms with Gasteiger partial charge in [0.1, 0.15) is 11.6 Å². The first-order valence-electron chi connectivity index (χ1n) is 9.36. The minimum absolute atomic E-state index is 0.0744. The van der Waals surface area contributed by atoms with E-state index in [1.165, 1.54) is 53.8 Å². The van der Waals surface area contributed by atoms with Crippen LogP contribution < -0.4 is 15.4 Å². The van der Waals surface area contributed by atoms with Gasteiger partial charge in [-0.1, -0.05) is 18.2 Å². The summed E-state index contributed by atoms with van der Waals surface area (Å²) in [5.41, 5.74) is 1.52. The highest BCUT2D eigenvalue weighted by atomic mass is 32.1. The number of rotatable bonds is 5. The Bertz CT molecular complexity index is 1160. The van der Waals surface area contributed by atoms with Crippen molar-refractivity contribution in [3.05, 3.63) is 70.5 Å². The Morgan fingerprint density at radius 3 is 2.69 bits per heavy atom. The van der Waals surface area contributed by atoms with E-state index in [1.54, 1.807) is 6.20 Å². The van der Waals surface area contributed by atoms with Crippen LogP contribution in [0, 0.1) is 5.82 Å². The first kappa shape index (κ1) is 21.8. The molecule has 3 aromatic rings. The third kappa shape index (κ3) is 5.22. The van der Waals surface area contributed by atoms with Crippen LogP contribution in [0.25, 0.3) is 0 Å². The molecule has 32 heavy (non-hydrogen) atoms. The topological polar surface area (TPSA) is 80.3 Å². The van der Waals surface area contributed by atoms with E-state index in [0.717, 1.165) is 10.4 Å². The molecule has 1 unspecified atom stereocenters. The van der Waals surface area contributed by atoms with Gasteiger partial charge in [0.25, 0.3) is 0 Å².